The summed E-state index contributed by atoms with van der Waals surface area (Å²) in [5.41, 5.74) is 2.65. The second kappa shape index (κ2) is 6.81. The van der Waals surface area contributed by atoms with Crippen molar-refractivity contribution < 1.29 is 31.7 Å². The Hall–Kier alpha value is -1.10. The van der Waals surface area contributed by atoms with Crippen molar-refractivity contribution in [1.29, 1.82) is 0 Å². The molecule has 2 aliphatic rings. The third-order valence-electron chi connectivity index (χ3n) is 3.92. The van der Waals surface area contributed by atoms with Gasteiger partial charge in [-0.2, -0.15) is 4.98 Å². The molecule has 0 saturated carbocycles. The second-order valence-electron chi connectivity index (χ2n) is 6.22. The molecule has 1 aromatic heterocycles. The van der Waals surface area contributed by atoms with E-state index in [-0.39, 0.29) is 5.88 Å². The molecule has 0 amide bonds. The van der Waals surface area contributed by atoms with Crippen molar-refractivity contribution in [1.82, 2.24) is 9.55 Å². The van der Waals surface area contributed by atoms with E-state index >= 15 is 4.39 Å². The van der Waals surface area contributed by atoms with E-state index in [0.29, 0.717) is 10.8 Å². The number of phosphoric ester groups is 1. The maximum Gasteiger partial charge on any atom is 0.475 e. The number of nitrogens with two attached hydrogens (primary N) is 1. The Morgan fingerprint density at radius 2 is 2.31 bits per heavy atom. The third kappa shape index (κ3) is 3.28. The standard InChI is InChI=1S/C13H17ClF2N3O6P/c1-6(2)24-26(21)22-5-13(4-14)9(25-26)8(16)11(23-13)19-3-7(15)10(17)18-12(19)20/h3,6,8-9,11H,4-5H2,1-2H3,(H2,17,18,20)/t8-,9-,11+,13+,26-/m0/s1. The molecule has 9 nitrogen and oxygen atoms in total. The summed E-state index contributed by atoms with van der Waals surface area (Å²) in [5.74, 6) is -1.95. The van der Waals surface area contributed by atoms with Gasteiger partial charge in [0.2, 0.25) is 0 Å². The van der Waals surface area contributed by atoms with Crippen molar-refractivity contribution in [3.05, 3.63) is 22.5 Å². The van der Waals surface area contributed by atoms with E-state index in [0.717, 1.165) is 0 Å². The fourth-order valence-electron chi connectivity index (χ4n) is 2.75. The highest BCUT2D eigenvalue weighted by Crippen LogP contribution is 2.60. The molecule has 0 bridgehead atoms. The lowest BCUT2D eigenvalue weighted by Crippen LogP contribution is -2.52. The molecule has 2 saturated heterocycles. The Bertz CT molecular complexity index is 811. The van der Waals surface area contributed by atoms with Crippen LogP contribution in [0.2, 0.25) is 0 Å². The molecule has 3 rings (SSSR count). The highest BCUT2D eigenvalue weighted by Gasteiger charge is 2.63. The first kappa shape index (κ1) is 19.7. The molecule has 26 heavy (non-hydrogen) atoms. The highest BCUT2D eigenvalue weighted by atomic mass is 35.5. The Morgan fingerprint density at radius 3 is 2.92 bits per heavy atom. The molecule has 0 aromatic carbocycles. The average Bonchev–Trinajstić information content (AvgIpc) is 2.83. The summed E-state index contributed by atoms with van der Waals surface area (Å²) < 4.78 is 62.9. The smallest absolute Gasteiger partial charge is 0.381 e. The van der Waals surface area contributed by atoms with E-state index in [1.807, 2.05) is 0 Å². The first-order valence-electron chi connectivity index (χ1n) is 7.64. The van der Waals surface area contributed by atoms with Crippen molar-refractivity contribution >= 4 is 25.2 Å². The quantitative estimate of drug-likeness (QED) is 0.584. The maximum atomic E-state index is 15.1. The van der Waals surface area contributed by atoms with E-state index in [1.165, 1.54) is 0 Å². The topological polar surface area (TPSA) is 115 Å². The fourth-order valence-corrected chi connectivity index (χ4v) is 4.69. The van der Waals surface area contributed by atoms with Crippen LogP contribution in [0.15, 0.2) is 11.0 Å². The molecule has 2 N–H and O–H groups in total. The molecule has 0 spiro atoms. The van der Waals surface area contributed by atoms with Crippen LogP contribution in [0.1, 0.15) is 20.1 Å². The van der Waals surface area contributed by atoms with E-state index in [1.54, 1.807) is 13.8 Å². The number of hydrogen-bond acceptors (Lipinski definition) is 8. The Morgan fingerprint density at radius 1 is 1.62 bits per heavy atom. The highest BCUT2D eigenvalue weighted by molar-refractivity contribution is 7.48. The van der Waals surface area contributed by atoms with E-state index < -0.39 is 62.0 Å². The number of fused-ring (bicyclic) bond motifs is 1. The number of anilines is 1. The second-order valence-corrected chi connectivity index (χ2v) is 8.06. The van der Waals surface area contributed by atoms with Crippen molar-refractivity contribution in [3.63, 3.8) is 0 Å². The summed E-state index contributed by atoms with van der Waals surface area (Å²) in [6, 6.07) is 0. The van der Waals surface area contributed by atoms with E-state index in [9.17, 15) is 13.8 Å². The number of rotatable bonds is 4. The lowest BCUT2D eigenvalue weighted by atomic mass is 9.99. The van der Waals surface area contributed by atoms with Crippen molar-refractivity contribution in [2.45, 2.75) is 44.1 Å². The van der Waals surface area contributed by atoms with Crippen LogP contribution in [-0.4, -0.2) is 46.0 Å². The monoisotopic (exact) mass is 415 g/mol. The summed E-state index contributed by atoms with van der Waals surface area (Å²) in [6.45, 7) is 2.79. The number of ether oxygens (including phenoxy) is 1. The minimum atomic E-state index is -4.06. The molecule has 5 atom stereocenters. The van der Waals surface area contributed by atoms with Crippen LogP contribution in [0, 0.1) is 5.82 Å². The summed E-state index contributed by atoms with van der Waals surface area (Å²) in [6.07, 6.45) is -4.95. The molecule has 0 radical (unpaired) electrons. The molecule has 2 fully saturated rings. The number of hydrogen-bond donors (Lipinski definition) is 1. The number of nitrogens with zero attached hydrogens (tertiary/aromatic N) is 2. The first-order chi connectivity index (χ1) is 12.1. The molecule has 146 valence electrons. The van der Waals surface area contributed by atoms with Crippen LogP contribution in [0.3, 0.4) is 0 Å². The lowest BCUT2D eigenvalue weighted by molar-refractivity contribution is -0.136. The van der Waals surface area contributed by atoms with Gasteiger partial charge in [-0.25, -0.2) is 18.1 Å². The third-order valence-corrected chi connectivity index (χ3v) is 5.98. The zero-order valence-electron chi connectivity index (χ0n) is 13.8. The van der Waals surface area contributed by atoms with E-state index in [4.69, 9.17) is 35.6 Å². The number of aromatic nitrogens is 2. The van der Waals surface area contributed by atoms with Crippen LogP contribution in [0.5, 0.6) is 0 Å². The SMILES string of the molecule is CC(C)O[P@]1(=O)OC[C@@]2(CCl)O[C@@H](n3cc(F)c(N)nc3=O)[C@@H](F)[C@@H]2O1. The summed E-state index contributed by atoms with van der Waals surface area (Å²) in [5, 5.41) is 0. The van der Waals surface area contributed by atoms with Gasteiger partial charge in [-0.15, -0.1) is 11.6 Å². The normalized spacial score (nSPS) is 37.1. The van der Waals surface area contributed by atoms with Crippen molar-refractivity contribution in [2.24, 2.45) is 0 Å². The number of phosphoric acid groups is 1. The lowest BCUT2D eigenvalue weighted by Gasteiger charge is -2.38. The number of halogens is 3. The zero-order chi connectivity index (χ0) is 19.3. The molecule has 13 heteroatoms. The van der Waals surface area contributed by atoms with Crippen LogP contribution >= 0.6 is 19.4 Å². The minimum absolute atomic E-state index is 0.296. The van der Waals surface area contributed by atoms with Crippen LogP contribution < -0.4 is 11.4 Å². The molecule has 3 heterocycles. The predicted molar refractivity (Wildman–Crippen MR) is 86.0 cm³/mol. The summed E-state index contributed by atoms with van der Waals surface area (Å²) in [4.78, 5) is 15.2. The van der Waals surface area contributed by atoms with Gasteiger partial charge < -0.3 is 10.5 Å². The summed E-state index contributed by atoms with van der Waals surface area (Å²) in [7, 11) is -4.06. The van der Waals surface area contributed by atoms with Gasteiger partial charge in [-0.1, -0.05) is 0 Å². The Kier molecular flexibility index (Phi) is 5.15. The van der Waals surface area contributed by atoms with Crippen LogP contribution in [0.25, 0.3) is 0 Å². The Labute approximate surface area is 151 Å². The van der Waals surface area contributed by atoms with Gasteiger partial charge in [-0.05, 0) is 13.8 Å². The molecule has 0 unspecified atom stereocenters. The minimum Gasteiger partial charge on any atom is -0.381 e. The summed E-state index contributed by atoms with van der Waals surface area (Å²) >= 11 is 5.91. The number of alkyl halides is 2. The predicted octanol–water partition coefficient (Wildman–Crippen LogP) is 1.76. The van der Waals surface area contributed by atoms with E-state index in [2.05, 4.69) is 4.98 Å². The van der Waals surface area contributed by atoms with Crippen molar-refractivity contribution in [2.75, 3.05) is 18.2 Å². The van der Waals surface area contributed by atoms with Gasteiger partial charge in [0.1, 0.15) is 11.7 Å². The molecule has 2 aliphatic heterocycles. The first-order valence-corrected chi connectivity index (χ1v) is 9.64. The zero-order valence-corrected chi connectivity index (χ0v) is 15.5. The fraction of sp³-hybridized carbons (Fsp3) is 0.692. The largest absolute Gasteiger partial charge is 0.475 e. The molecule has 1 aromatic rings. The van der Waals surface area contributed by atoms with Gasteiger partial charge in [0.15, 0.2) is 24.0 Å². The average molecular weight is 416 g/mol. The molecular weight excluding hydrogens is 399 g/mol. The van der Waals surface area contributed by atoms with Crippen LogP contribution in [0.4, 0.5) is 14.6 Å². The van der Waals surface area contributed by atoms with Gasteiger partial charge >= 0.3 is 13.5 Å². The molecular formula is C13H17ClF2N3O6P. The van der Waals surface area contributed by atoms with Gasteiger partial charge in [-0.3, -0.25) is 18.1 Å². The van der Waals surface area contributed by atoms with Crippen molar-refractivity contribution in [3.8, 4) is 0 Å². The Balaban J connectivity index is 1.96. The maximum absolute atomic E-state index is 15.1. The molecule has 0 aliphatic carbocycles. The van der Waals surface area contributed by atoms with Gasteiger partial charge in [0.05, 0.1) is 24.8 Å². The van der Waals surface area contributed by atoms with Crippen LogP contribution in [-0.2, 0) is 22.9 Å². The van der Waals surface area contributed by atoms with Gasteiger partial charge in [0, 0.05) is 0 Å². The number of nitrogen functional groups attached to an aromatic ring is 1. The van der Waals surface area contributed by atoms with Gasteiger partial charge in [0.25, 0.3) is 0 Å².